The lowest BCUT2D eigenvalue weighted by molar-refractivity contribution is -0.159. The maximum absolute atomic E-state index is 9.10. The highest BCUT2D eigenvalue weighted by Gasteiger charge is 2.12. The van der Waals surface area contributed by atoms with E-state index in [0.29, 0.717) is 0 Å². The summed E-state index contributed by atoms with van der Waals surface area (Å²) in [6.45, 7) is 5.73. The van der Waals surface area contributed by atoms with Crippen LogP contribution in [0.15, 0.2) is 30.3 Å². The van der Waals surface area contributed by atoms with Crippen molar-refractivity contribution in [3.63, 3.8) is 0 Å². The molecule has 1 aromatic carbocycles. The Morgan fingerprint density at radius 2 is 1.39 bits per heavy atom. The van der Waals surface area contributed by atoms with Crippen LogP contribution in [0.2, 0.25) is 0 Å². The molecule has 1 heterocycles. The van der Waals surface area contributed by atoms with Crippen molar-refractivity contribution in [1.82, 2.24) is 9.80 Å². The summed E-state index contributed by atoms with van der Waals surface area (Å²) in [5, 5.41) is 33.0. The number of nitrogens with zero attached hydrogens (tertiary/aromatic N) is 2. The molecule has 1 aliphatic heterocycles. The van der Waals surface area contributed by atoms with E-state index < -0.39 is 23.9 Å². The lowest BCUT2D eigenvalue weighted by Gasteiger charge is -2.33. The zero-order chi connectivity index (χ0) is 21.5. The van der Waals surface area contributed by atoms with Gasteiger partial charge in [0, 0.05) is 31.9 Å². The summed E-state index contributed by atoms with van der Waals surface area (Å²) in [6, 6.07) is 10.4. The van der Waals surface area contributed by atoms with E-state index in [1.54, 1.807) is 0 Å². The number of rotatable bonds is 4. The fraction of sp³-hybridized carbons (Fsp3) is 0.412. The molecule has 1 aromatic rings. The monoisotopic (exact) mass is 399 g/mol. The molecule has 0 atom stereocenters. The van der Waals surface area contributed by atoms with Crippen LogP contribution < -0.4 is 5.32 Å². The molecule has 11 heteroatoms. The van der Waals surface area contributed by atoms with E-state index in [-0.39, 0.29) is 0 Å². The van der Waals surface area contributed by atoms with Crippen LogP contribution >= 0.6 is 0 Å². The van der Waals surface area contributed by atoms with Crippen LogP contribution in [0.3, 0.4) is 0 Å². The number of nitrogens with one attached hydrogen (secondary N) is 1. The van der Waals surface area contributed by atoms with Crippen LogP contribution in [0.1, 0.15) is 6.42 Å². The van der Waals surface area contributed by atoms with Crippen molar-refractivity contribution in [1.29, 1.82) is 0 Å². The van der Waals surface area contributed by atoms with Gasteiger partial charge < -0.3 is 25.7 Å². The maximum Gasteiger partial charge on any atom is 0.414 e. The highest BCUT2D eigenvalue weighted by molar-refractivity contribution is 6.27. The number of hydrogen-bond acceptors (Lipinski definition) is 7. The van der Waals surface area contributed by atoms with Crippen LogP contribution in [0.25, 0.3) is 0 Å². The van der Waals surface area contributed by atoms with E-state index in [4.69, 9.17) is 39.6 Å². The molecule has 2 rings (SSSR count). The van der Waals surface area contributed by atoms with Crippen LogP contribution in [-0.4, -0.2) is 94.0 Å². The van der Waals surface area contributed by atoms with Crippen molar-refractivity contribution in [2.75, 3.05) is 45.2 Å². The number of carboxylic acid groups (broad SMARTS) is 4. The molecule has 1 fully saturated rings. The van der Waals surface area contributed by atoms with Crippen molar-refractivity contribution in [3.8, 4) is 0 Å². The normalized spacial score (nSPS) is 13.8. The van der Waals surface area contributed by atoms with Gasteiger partial charge in [0.25, 0.3) is 0 Å². The molecular formula is C17H25N3O8. The predicted molar refractivity (Wildman–Crippen MR) is 99.2 cm³/mol. The number of aliphatic carboxylic acids is 4. The smallest absolute Gasteiger partial charge is 0.414 e. The van der Waals surface area contributed by atoms with Crippen LogP contribution in [0.4, 0.5) is 5.69 Å². The van der Waals surface area contributed by atoms with Gasteiger partial charge in [-0.2, -0.15) is 0 Å². The van der Waals surface area contributed by atoms with Crippen LogP contribution in [-0.2, 0) is 19.2 Å². The van der Waals surface area contributed by atoms with E-state index in [9.17, 15) is 0 Å². The molecule has 1 saturated heterocycles. The third-order valence-corrected chi connectivity index (χ3v) is 3.35. The van der Waals surface area contributed by atoms with E-state index in [0.717, 1.165) is 19.8 Å². The van der Waals surface area contributed by atoms with Gasteiger partial charge in [-0.05, 0) is 25.6 Å². The zero-order valence-electron chi connectivity index (χ0n) is 15.4. The van der Waals surface area contributed by atoms with E-state index in [2.05, 4.69) is 46.4 Å². The number of carboxylic acids is 4. The average Bonchev–Trinajstić information content (AvgIpc) is 2.63. The van der Waals surface area contributed by atoms with Gasteiger partial charge in [-0.1, -0.05) is 18.2 Å². The van der Waals surface area contributed by atoms with Crippen molar-refractivity contribution >= 4 is 29.6 Å². The number of anilines is 1. The highest BCUT2D eigenvalue weighted by Crippen LogP contribution is 2.06. The van der Waals surface area contributed by atoms with E-state index in [1.165, 1.54) is 25.2 Å². The maximum atomic E-state index is 9.10. The second-order valence-corrected chi connectivity index (χ2v) is 5.71. The minimum absolute atomic E-state index is 1.03. The minimum atomic E-state index is -1.82. The van der Waals surface area contributed by atoms with Crippen LogP contribution in [0.5, 0.6) is 0 Å². The third kappa shape index (κ3) is 13.1. The first kappa shape index (κ1) is 24.8. The zero-order valence-corrected chi connectivity index (χ0v) is 15.4. The molecule has 156 valence electrons. The largest absolute Gasteiger partial charge is 0.473 e. The molecule has 0 unspecified atom stereocenters. The van der Waals surface area contributed by atoms with Gasteiger partial charge in [0.05, 0.1) is 6.67 Å². The number of carbonyl (C=O) groups is 4. The Morgan fingerprint density at radius 1 is 0.893 bits per heavy atom. The molecule has 0 amide bonds. The molecule has 0 spiro atoms. The molecule has 28 heavy (non-hydrogen) atoms. The summed E-state index contributed by atoms with van der Waals surface area (Å²) < 4.78 is 0. The fourth-order valence-corrected chi connectivity index (χ4v) is 2.14. The number of para-hydroxylation sites is 1. The number of benzene rings is 1. The standard InChI is InChI=1S/C13H21N3.2C2H2O4/c1-15-9-5-10-16(12-15)11-8-14-13-6-3-2-4-7-13;2*3-1(4)2(5)6/h2-4,6-7,14H,5,8-12H2,1H3;2*(H,3,4)(H,5,6). The second-order valence-electron chi connectivity index (χ2n) is 5.71. The average molecular weight is 399 g/mol. The first-order valence-corrected chi connectivity index (χ1v) is 8.25. The van der Waals surface area contributed by atoms with Gasteiger partial charge in [-0.25, -0.2) is 19.2 Å². The molecule has 11 nitrogen and oxygen atoms in total. The topological polar surface area (TPSA) is 168 Å². The minimum Gasteiger partial charge on any atom is -0.473 e. The second kappa shape index (κ2) is 13.9. The molecule has 0 aliphatic carbocycles. The predicted octanol–water partition coefficient (Wildman–Crippen LogP) is 0.00470. The summed E-state index contributed by atoms with van der Waals surface area (Å²) in [4.78, 5) is 41.3. The Kier molecular flexibility index (Phi) is 12.4. The molecule has 0 saturated carbocycles. The van der Waals surface area contributed by atoms with Gasteiger partial charge >= 0.3 is 23.9 Å². The van der Waals surface area contributed by atoms with Gasteiger partial charge in [0.15, 0.2) is 0 Å². The van der Waals surface area contributed by atoms with Gasteiger partial charge in [-0.3, -0.25) is 9.80 Å². The molecule has 0 aromatic heterocycles. The molecule has 1 aliphatic rings. The van der Waals surface area contributed by atoms with Gasteiger partial charge in [0.2, 0.25) is 0 Å². The highest BCUT2D eigenvalue weighted by atomic mass is 16.4. The molecule has 5 N–H and O–H groups in total. The summed E-state index contributed by atoms with van der Waals surface area (Å²) in [7, 11) is 2.19. The first-order valence-electron chi connectivity index (χ1n) is 8.25. The summed E-state index contributed by atoms with van der Waals surface area (Å²) in [5.41, 5.74) is 1.22. The van der Waals surface area contributed by atoms with Crippen molar-refractivity contribution < 1.29 is 39.6 Å². The first-order chi connectivity index (χ1) is 13.1. The quantitative estimate of drug-likeness (QED) is 0.432. The molecular weight excluding hydrogens is 374 g/mol. The fourth-order valence-electron chi connectivity index (χ4n) is 2.14. The Labute approximate surface area is 161 Å². The van der Waals surface area contributed by atoms with Crippen LogP contribution in [0, 0.1) is 0 Å². The number of hydrogen-bond donors (Lipinski definition) is 5. The van der Waals surface area contributed by atoms with E-state index in [1.807, 2.05) is 6.07 Å². The molecule has 0 radical (unpaired) electrons. The lowest BCUT2D eigenvalue weighted by Crippen LogP contribution is -2.44. The summed E-state index contributed by atoms with van der Waals surface area (Å²) in [6.07, 6.45) is 1.29. The SMILES string of the molecule is CN1CCCN(CCNc2ccccc2)C1.O=C(O)C(=O)O.O=C(O)C(=O)O. The summed E-state index contributed by atoms with van der Waals surface area (Å²) >= 11 is 0. The Hall–Kier alpha value is -3.18. The van der Waals surface area contributed by atoms with Gasteiger partial charge in [-0.15, -0.1) is 0 Å². The van der Waals surface area contributed by atoms with Crippen molar-refractivity contribution in [2.24, 2.45) is 0 Å². The Balaban J connectivity index is 0.000000505. The van der Waals surface area contributed by atoms with Crippen molar-refractivity contribution in [3.05, 3.63) is 30.3 Å². The van der Waals surface area contributed by atoms with Crippen molar-refractivity contribution in [2.45, 2.75) is 6.42 Å². The molecule has 0 bridgehead atoms. The van der Waals surface area contributed by atoms with E-state index >= 15 is 0 Å². The lowest BCUT2D eigenvalue weighted by atomic mass is 10.3. The summed E-state index contributed by atoms with van der Waals surface area (Å²) in [5.74, 6) is -7.30. The Bertz CT molecular complexity index is 591. The third-order valence-electron chi connectivity index (χ3n) is 3.35. The van der Waals surface area contributed by atoms with Gasteiger partial charge in [0.1, 0.15) is 0 Å². The Morgan fingerprint density at radius 3 is 1.82 bits per heavy atom.